The van der Waals surface area contributed by atoms with E-state index in [0.717, 1.165) is 12.8 Å². The molecule has 0 unspecified atom stereocenters. The Balaban J connectivity index is 0.00000144. The van der Waals surface area contributed by atoms with Gasteiger partial charge in [-0.15, -0.1) is 12.4 Å². The van der Waals surface area contributed by atoms with Gasteiger partial charge in [0, 0.05) is 17.1 Å². The van der Waals surface area contributed by atoms with Gasteiger partial charge in [0.1, 0.15) is 0 Å². The number of nitrogens with two attached hydrogens (primary N) is 1. The van der Waals surface area contributed by atoms with Crippen LogP contribution >= 0.6 is 12.4 Å². The van der Waals surface area contributed by atoms with Gasteiger partial charge in [-0.2, -0.15) is 0 Å². The second kappa shape index (κ2) is 3.76. The van der Waals surface area contributed by atoms with Crippen molar-refractivity contribution >= 4 is 12.4 Å². The molecule has 2 nitrogen and oxygen atoms in total. The summed E-state index contributed by atoms with van der Waals surface area (Å²) >= 11 is 0. The summed E-state index contributed by atoms with van der Waals surface area (Å²) in [6.45, 7) is 9.09. The molecule has 0 aromatic carbocycles. The average molecular weight is 207 g/mol. The first-order valence-electron chi connectivity index (χ1n) is 4.75. The van der Waals surface area contributed by atoms with Crippen molar-refractivity contribution < 1.29 is 0 Å². The molecule has 1 rings (SSSR count). The molecule has 0 bridgehead atoms. The molecule has 0 radical (unpaired) electrons. The van der Waals surface area contributed by atoms with Crippen molar-refractivity contribution in [3.8, 4) is 0 Å². The highest BCUT2D eigenvalue weighted by Crippen LogP contribution is 2.35. The normalized spacial score (nSPS) is 28.2. The van der Waals surface area contributed by atoms with Crippen molar-refractivity contribution in [2.75, 3.05) is 7.05 Å². The molecule has 2 N–H and O–H groups in total. The molecule has 13 heavy (non-hydrogen) atoms. The maximum Gasteiger partial charge on any atom is 0.0170 e. The van der Waals surface area contributed by atoms with Gasteiger partial charge >= 0.3 is 0 Å². The predicted octanol–water partition coefficient (Wildman–Crippen LogP) is 2.02. The van der Waals surface area contributed by atoms with Gasteiger partial charge in [0.15, 0.2) is 0 Å². The maximum atomic E-state index is 6.02. The summed E-state index contributed by atoms with van der Waals surface area (Å²) in [5, 5.41) is 0. The van der Waals surface area contributed by atoms with E-state index < -0.39 is 0 Å². The third kappa shape index (κ3) is 2.58. The van der Waals surface area contributed by atoms with Gasteiger partial charge in [-0.3, -0.25) is 4.90 Å². The molecular formula is C10H23ClN2. The van der Waals surface area contributed by atoms with Crippen molar-refractivity contribution in [1.29, 1.82) is 0 Å². The lowest BCUT2D eigenvalue weighted by atomic mass is 9.78. The second-order valence-corrected chi connectivity index (χ2v) is 5.35. The Morgan fingerprint density at radius 1 is 1.08 bits per heavy atom. The molecule has 1 heterocycles. The van der Waals surface area contributed by atoms with E-state index in [1.165, 1.54) is 0 Å². The van der Waals surface area contributed by atoms with E-state index in [9.17, 15) is 0 Å². The van der Waals surface area contributed by atoms with Gasteiger partial charge in [-0.25, -0.2) is 0 Å². The summed E-state index contributed by atoms with van der Waals surface area (Å²) in [5.74, 6) is 0. The van der Waals surface area contributed by atoms with E-state index in [-0.39, 0.29) is 23.5 Å². The van der Waals surface area contributed by atoms with Gasteiger partial charge < -0.3 is 5.73 Å². The summed E-state index contributed by atoms with van der Waals surface area (Å²) in [6, 6.07) is 0.367. The quantitative estimate of drug-likeness (QED) is 0.657. The van der Waals surface area contributed by atoms with Crippen LogP contribution < -0.4 is 5.73 Å². The van der Waals surface area contributed by atoms with Gasteiger partial charge in [-0.1, -0.05) is 0 Å². The SMILES string of the molecule is CN1C(C)(C)CC(N)CC1(C)C.Cl. The molecular weight excluding hydrogens is 184 g/mol. The fourth-order valence-electron chi connectivity index (χ4n) is 2.45. The predicted molar refractivity (Wildman–Crippen MR) is 60.4 cm³/mol. The lowest BCUT2D eigenvalue weighted by Gasteiger charge is -2.53. The minimum absolute atomic E-state index is 0. The van der Waals surface area contributed by atoms with E-state index in [0.29, 0.717) is 6.04 Å². The number of nitrogens with zero attached hydrogens (tertiary/aromatic N) is 1. The third-order valence-electron chi connectivity index (χ3n) is 3.34. The van der Waals surface area contributed by atoms with Crippen LogP contribution in [0.5, 0.6) is 0 Å². The van der Waals surface area contributed by atoms with Crippen LogP contribution in [0.3, 0.4) is 0 Å². The van der Waals surface area contributed by atoms with E-state index in [4.69, 9.17) is 5.73 Å². The molecule has 80 valence electrons. The summed E-state index contributed by atoms with van der Waals surface area (Å²) < 4.78 is 0. The van der Waals surface area contributed by atoms with Crippen LogP contribution in [0.15, 0.2) is 0 Å². The molecule has 0 amide bonds. The van der Waals surface area contributed by atoms with Gasteiger partial charge in [0.2, 0.25) is 0 Å². The highest BCUT2D eigenvalue weighted by molar-refractivity contribution is 5.85. The summed E-state index contributed by atoms with van der Waals surface area (Å²) in [7, 11) is 2.20. The second-order valence-electron chi connectivity index (χ2n) is 5.35. The molecule has 0 aromatic heterocycles. The Labute approximate surface area is 88.3 Å². The van der Waals surface area contributed by atoms with Crippen LogP contribution in [0.25, 0.3) is 0 Å². The Hall–Kier alpha value is 0.210. The van der Waals surface area contributed by atoms with E-state index >= 15 is 0 Å². The first kappa shape index (κ1) is 13.2. The fourth-order valence-corrected chi connectivity index (χ4v) is 2.45. The molecule has 0 spiro atoms. The Bertz CT molecular complexity index is 160. The van der Waals surface area contributed by atoms with Crippen LogP contribution in [-0.2, 0) is 0 Å². The number of halogens is 1. The molecule has 0 saturated carbocycles. The molecule has 0 atom stereocenters. The van der Waals surface area contributed by atoms with Crippen molar-refractivity contribution in [2.45, 2.75) is 57.7 Å². The first-order chi connectivity index (χ1) is 5.26. The number of likely N-dealkylation sites (tertiary alicyclic amines) is 1. The lowest BCUT2D eigenvalue weighted by molar-refractivity contribution is -0.0111. The van der Waals surface area contributed by atoms with Crippen molar-refractivity contribution in [1.82, 2.24) is 4.90 Å². The van der Waals surface area contributed by atoms with Crippen molar-refractivity contribution in [3.63, 3.8) is 0 Å². The topological polar surface area (TPSA) is 29.3 Å². The highest BCUT2D eigenvalue weighted by atomic mass is 35.5. The van der Waals surface area contributed by atoms with Gasteiger partial charge in [-0.05, 0) is 47.6 Å². The highest BCUT2D eigenvalue weighted by Gasteiger charge is 2.41. The van der Waals surface area contributed by atoms with Crippen LogP contribution in [0.4, 0.5) is 0 Å². The molecule has 1 fully saturated rings. The lowest BCUT2D eigenvalue weighted by Crippen LogP contribution is -2.61. The molecule has 1 saturated heterocycles. The zero-order valence-corrected chi connectivity index (χ0v) is 10.2. The van der Waals surface area contributed by atoms with Gasteiger partial charge in [0.05, 0.1) is 0 Å². The Morgan fingerprint density at radius 2 is 1.38 bits per heavy atom. The number of piperidine rings is 1. The fraction of sp³-hybridized carbons (Fsp3) is 1.00. The van der Waals surface area contributed by atoms with Crippen LogP contribution in [0.2, 0.25) is 0 Å². The molecule has 0 aliphatic carbocycles. The largest absolute Gasteiger partial charge is 0.328 e. The minimum Gasteiger partial charge on any atom is -0.328 e. The third-order valence-corrected chi connectivity index (χ3v) is 3.34. The van der Waals surface area contributed by atoms with Gasteiger partial charge in [0.25, 0.3) is 0 Å². The molecule has 1 aliphatic rings. The summed E-state index contributed by atoms with van der Waals surface area (Å²) in [4.78, 5) is 2.45. The molecule has 1 aliphatic heterocycles. The Kier molecular flexibility index (Phi) is 3.82. The summed E-state index contributed by atoms with van der Waals surface area (Å²) in [5.41, 5.74) is 6.52. The smallest absolute Gasteiger partial charge is 0.0170 e. The van der Waals surface area contributed by atoms with Crippen molar-refractivity contribution in [3.05, 3.63) is 0 Å². The zero-order chi connectivity index (χ0) is 9.57. The molecule has 0 aromatic rings. The van der Waals surface area contributed by atoms with E-state index in [1.54, 1.807) is 0 Å². The van der Waals surface area contributed by atoms with Crippen LogP contribution in [0, 0.1) is 0 Å². The van der Waals surface area contributed by atoms with E-state index in [2.05, 4.69) is 39.6 Å². The number of hydrogen-bond donors (Lipinski definition) is 1. The maximum absolute atomic E-state index is 6.02. The number of rotatable bonds is 0. The summed E-state index contributed by atoms with van der Waals surface area (Å²) in [6.07, 6.45) is 2.21. The standard InChI is InChI=1S/C10H22N2.ClH/c1-9(2)6-8(11)7-10(3,4)12(9)5;/h8H,6-7,11H2,1-5H3;1H. The molecule has 3 heteroatoms. The van der Waals surface area contributed by atoms with Crippen molar-refractivity contribution in [2.24, 2.45) is 5.73 Å². The first-order valence-corrected chi connectivity index (χ1v) is 4.75. The Morgan fingerprint density at radius 3 is 1.69 bits per heavy atom. The van der Waals surface area contributed by atoms with Crippen LogP contribution in [0.1, 0.15) is 40.5 Å². The minimum atomic E-state index is 0. The number of hydrogen-bond acceptors (Lipinski definition) is 2. The average Bonchev–Trinajstić information content (AvgIpc) is 1.80. The zero-order valence-electron chi connectivity index (χ0n) is 9.42. The van der Waals surface area contributed by atoms with Crippen LogP contribution in [-0.4, -0.2) is 29.1 Å². The van der Waals surface area contributed by atoms with E-state index in [1.807, 2.05) is 0 Å². The monoisotopic (exact) mass is 206 g/mol.